The highest BCUT2D eigenvalue weighted by Gasteiger charge is 2.26. The van der Waals surface area contributed by atoms with E-state index in [0.717, 1.165) is 29.0 Å². The van der Waals surface area contributed by atoms with E-state index in [1.54, 1.807) is 7.11 Å². The third-order valence-corrected chi connectivity index (χ3v) is 4.86. The van der Waals surface area contributed by atoms with Crippen molar-refractivity contribution in [3.8, 4) is 11.5 Å². The predicted molar refractivity (Wildman–Crippen MR) is 106 cm³/mol. The number of benzene rings is 2. The average Bonchev–Trinajstić information content (AvgIpc) is 3.16. The molecule has 0 unspecified atom stereocenters. The number of rotatable bonds is 8. The number of methoxy groups -OCH3 is 1. The van der Waals surface area contributed by atoms with E-state index in [1.165, 1.54) is 4.90 Å². The molecule has 2 aromatic rings. The van der Waals surface area contributed by atoms with Crippen molar-refractivity contribution in [2.75, 3.05) is 32.5 Å². The fourth-order valence-electron chi connectivity index (χ4n) is 3.27. The Labute approximate surface area is 164 Å². The minimum absolute atomic E-state index is 0.229. The highest BCUT2D eigenvalue weighted by molar-refractivity contribution is 5.65. The monoisotopic (exact) mass is 386 g/mol. The third-order valence-electron chi connectivity index (χ3n) is 4.86. The van der Waals surface area contributed by atoms with Crippen LogP contribution < -0.4 is 15.2 Å². The van der Waals surface area contributed by atoms with Crippen molar-refractivity contribution in [1.82, 2.24) is 4.90 Å². The molecule has 150 valence electrons. The molecule has 28 heavy (non-hydrogen) atoms. The molecule has 1 aliphatic rings. The van der Waals surface area contributed by atoms with Gasteiger partial charge in [0.05, 0.1) is 13.2 Å². The summed E-state index contributed by atoms with van der Waals surface area (Å²) in [6, 6.07) is 13.1. The van der Waals surface area contributed by atoms with Gasteiger partial charge in [0.1, 0.15) is 18.1 Å². The molecule has 7 nitrogen and oxygen atoms in total. The first kappa shape index (κ1) is 19.8. The van der Waals surface area contributed by atoms with Gasteiger partial charge in [-0.05, 0) is 42.3 Å². The number of anilines is 1. The maximum atomic E-state index is 11.0. The molecule has 0 saturated carbocycles. The van der Waals surface area contributed by atoms with Gasteiger partial charge in [-0.3, -0.25) is 0 Å². The first-order valence-corrected chi connectivity index (χ1v) is 9.25. The number of likely N-dealkylation sites (tertiary alicyclic amines) is 1. The lowest BCUT2D eigenvalue weighted by Crippen LogP contribution is -2.27. The van der Waals surface area contributed by atoms with Crippen LogP contribution in [0.5, 0.6) is 11.5 Å². The van der Waals surface area contributed by atoms with Crippen LogP contribution >= 0.6 is 0 Å². The molecule has 1 fully saturated rings. The highest BCUT2D eigenvalue weighted by Crippen LogP contribution is 2.24. The minimum atomic E-state index is -0.864. The molecular formula is C21H26N2O5. The number of nitrogens with zero attached hydrogens (tertiary/aromatic N) is 1. The topological polar surface area (TPSA) is 94.3 Å². The van der Waals surface area contributed by atoms with E-state index < -0.39 is 6.09 Å². The van der Waals surface area contributed by atoms with Crippen LogP contribution in [0.2, 0.25) is 0 Å². The minimum Gasteiger partial charge on any atom is -0.493 e. The number of carbonyl (C=O) groups is 1. The van der Waals surface area contributed by atoms with E-state index in [4.69, 9.17) is 25.1 Å². The van der Waals surface area contributed by atoms with E-state index in [-0.39, 0.29) is 5.92 Å². The summed E-state index contributed by atoms with van der Waals surface area (Å²) in [7, 11) is 1.65. The second-order valence-corrected chi connectivity index (χ2v) is 6.87. The molecule has 0 aromatic heterocycles. The van der Waals surface area contributed by atoms with E-state index in [0.29, 0.717) is 38.6 Å². The third kappa shape index (κ3) is 5.07. The molecule has 0 bridgehead atoms. The van der Waals surface area contributed by atoms with Crippen molar-refractivity contribution in [3.05, 3.63) is 53.6 Å². The summed E-state index contributed by atoms with van der Waals surface area (Å²) in [5.74, 6) is 1.68. The zero-order valence-electron chi connectivity index (χ0n) is 16.0. The molecular weight excluding hydrogens is 360 g/mol. The second kappa shape index (κ2) is 9.32. The first-order chi connectivity index (χ1) is 13.6. The Morgan fingerprint density at radius 2 is 1.86 bits per heavy atom. The van der Waals surface area contributed by atoms with Gasteiger partial charge in [-0.2, -0.15) is 0 Å². The van der Waals surface area contributed by atoms with Crippen LogP contribution in [-0.4, -0.2) is 42.9 Å². The molecule has 3 N–H and O–H groups in total. The summed E-state index contributed by atoms with van der Waals surface area (Å²) in [6.07, 6.45) is -0.0350. The normalized spacial score (nSPS) is 16.2. The van der Waals surface area contributed by atoms with Crippen molar-refractivity contribution < 1.29 is 24.1 Å². The fraction of sp³-hybridized carbons (Fsp3) is 0.381. The Balaban J connectivity index is 1.51. The van der Waals surface area contributed by atoms with Crippen LogP contribution in [0.15, 0.2) is 42.5 Å². The summed E-state index contributed by atoms with van der Waals surface area (Å²) >= 11 is 0. The average molecular weight is 386 g/mol. The van der Waals surface area contributed by atoms with Crippen molar-refractivity contribution in [1.29, 1.82) is 0 Å². The quantitative estimate of drug-likeness (QED) is 0.676. The van der Waals surface area contributed by atoms with Crippen molar-refractivity contribution in [2.45, 2.75) is 19.6 Å². The number of hydrogen-bond donors (Lipinski definition) is 2. The molecule has 1 saturated heterocycles. The summed E-state index contributed by atoms with van der Waals surface area (Å²) in [5, 5.41) is 9.00. The number of ether oxygens (including phenoxy) is 3. The number of amides is 1. The zero-order valence-corrected chi connectivity index (χ0v) is 16.0. The van der Waals surface area contributed by atoms with Crippen LogP contribution in [0.3, 0.4) is 0 Å². The van der Waals surface area contributed by atoms with Gasteiger partial charge in [-0.25, -0.2) is 4.79 Å². The first-order valence-electron chi connectivity index (χ1n) is 9.25. The van der Waals surface area contributed by atoms with Gasteiger partial charge in [0.2, 0.25) is 0 Å². The molecule has 3 rings (SSSR count). The maximum absolute atomic E-state index is 11.0. The van der Waals surface area contributed by atoms with Gasteiger partial charge >= 0.3 is 6.09 Å². The Kier molecular flexibility index (Phi) is 6.60. The molecule has 7 heteroatoms. The molecule has 0 aliphatic carbocycles. The van der Waals surface area contributed by atoms with Crippen molar-refractivity contribution in [3.63, 3.8) is 0 Å². The number of nitrogens with two attached hydrogens (primary N) is 1. The van der Waals surface area contributed by atoms with Crippen LogP contribution in [-0.2, 0) is 18.0 Å². The molecule has 1 atom stereocenters. The lowest BCUT2D eigenvalue weighted by Gasteiger charge is -2.15. The molecule has 2 aromatic carbocycles. The summed E-state index contributed by atoms with van der Waals surface area (Å²) in [5.41, 5.74) is 8.69. The number of carboxylic acid groups (broad SMARTS) is 1. The van der Waals surface area contributed by atoms with Gasteiger partial charge in [0.15, 0.2) is 0 Å². The summed E-state index contributed by atoms with van der Waals surface area (Å²) < 4.78 is 16.9. The van der Waals surface area contributed by atoms with Gasteiger partial charge in [0.25, 0.3) is 0 Å². The Morgan fingerprint density at radius 3 is 2.50 bits per heavy atom. The largest absolute Gasteiger partial charge is 0.493 e. The zero-order chi connectivity index (χ0) is 19.9. The molecule has 0 spiro atoms. The standard InChI is InChI=1S/C21H26N2O5/c1-26-13-16-3-2-4-20(22)19(16)14-28-18-7-5-17(6-8-18)27-12-15-9-10-23(11-15)21(24)25/h2-8,15H,9-14,22H2,1H3,(H,24,25)/t15-/m0/s1. The SMILES string of the molecule is COCc1cccc(N)c1COc1ccc(OC[C@H]2CCN(C(=O)O)C2)cc1. The van der Waals surface area contributed by atoms with Crippen molar-refractivity contribution >= 4 is 11.8 Å². The molecule has 0 radical (unpaired) electrons. The van der Waals surface area contributed by atoms with E-state index in [2.05, 4.69) is 0 Å². The van der Waals surface area contributed by atoms with E-state index >= 15 is 0 Å². The number of hydrogen-bond acceptors (Lipinski definition) is 5. The highest BCUT2D eigenvalue weighted by atomic mass is 16.5. The Bertz CT molecular complexity index is 794. The summed E-state index contributed by atoms with van der Waals surface area (Å²) in [4.78, 5) is 12.4. The van der Waals surface area contributed by atoms with Crippen LogP contribution in [0.4, 0.5) is 10.5 Å². The smallest absolute Gasteiger partial charge is 0.407 e. The van der Waals surface area contributed by atoms with Crippen molar-refractivity contribution in [2.24, 2.45) is 5.92 Å². The number of nitrogen functional groups attached to an aromatic ring is 1. The summed E-state index contributed by atoms with van der Waals surface area (Å²) in [6.45, 7) is 2.45. The van der Waals surface area contributed by atoms with Crippen LogP contribution in [0.25, 0.3) is 0 Å². The van der Waals surface area contributed by atoms with Gasteiger partial charge in [-0.1, -0.05) is 12.1 Å². The van der Waals surface area contributed by atoms with Gasteiger partial charge in [0, 0.05) is 37.4 Å². The maximum Gasteiger partial charge on any atom is 0.407 e. The fourth-order valence-corrected chi connectivity index (χ4v) is 3.27. The van der Waals surface area contributed by atoms with E-state index in [9.17, 15) is 4.79 Å². The Hall–Kier alpha value is -2.93. The lowest BCUT2D eigenvalue weighted by atomic mass is 10.1. The Morgan fingerprint density at radius 1 is 1.14 bits per heavy atom. The van der Waals surface area contributed by atoms with Gasteiger partial charge < -0.3 is 30.0 Å². The molecule has 1 heterocycles. The second-order valence-electron chi connectivity index (χ2n) is 6.87. The molecule has 1 aliphatic heterocycles. The predicted octanol–water partition coefficient (Wildman–Crippen LogP) is 3.37. The van der Waals surface area contributed by atoms with Crippen LogP contribution in [0, 0.1) is 5.92 Å². The van der Waals surface area contributed by atoms with Crippen LogP contribution in [0.1, 0.15) is 17.5 Å². The lowest BCUT2D eigenvalue weighted by molar-refractivity contribution is 0.151. The van der Waals surface area contributed by atoms with Gasteiger partial charge in [-0.15, -0.1) is 0 Å². The molecule has 1 amide bonds. The van der Waals surface area contributed by atoms with E-state index in [1.807, 2.05) is 42.5 Å².